The zero-order chi connectivity index (χ0) is 18.9. The van der Waals surface area contributed by atoms with Crippen molar-refractivity contribution in [3.8, 4) is 11.8 Å². The minimum absolute atomic E-state index is 0.504. The fraction of sp³-hybridized carbons (Fsp3) is 0.333. The zero-order valence-electron chi connectivity index (χ0n) is 15.9. The van der Waals surface area contributed by atoms with Gasteiger partial charge in [0.2, 0.25) is 0 Å². The molecule has 0 spiro atoms. The summed E-state index contributed by atoms with van der Waals surface area (Å²) < 4.78 is 2.02. The molecule has 0 aliphatic heterocycles. The van der Waals surface area contributed by atoms with Crippen LogP contribution in [0.2, 0.25) is 0 Å². The lowest BCUT2D eigenvalue weighted by atomic mass is 9.91. The lowest BCUT2D eigenvalue weighted by molar-refractivity contribution is 0.444. The second-order valence-corrected chi connectivity index (χ2v) is 6.90. The van der Waals surface area contributed by atoms with Gasteiger partial charge in [0.25, 0.3) is 0 Å². The predicted molar refractivity (Wildman–Crippen MR) is 113 cm³/mol. The molecule has 3 rings (SSSR count). The molecule has 1 aliphatic carbocycles. The average Bonchev–Trinajstić information content (AvgIpc) is 3.07. The SMILES string of the molecule is C=C/C=C\C=C(/C=C)c1cn2c(C#CC3CCCCCCC3)cnc2cn1. The van der Waals surface area contributed by atoms with E-state index in [0.717, 1.165) is 22.6 Å². The van der Waals surface area contributed by atoms with Gasteiger partial charge in [0, 0.05) is 17.7 Å². The highest BCUT2D eigenvalue weighted by molar-refractivity contribution is 5.72. The summed E-state index contributed by atoms with van der Waals surface area (Å²) in [6.07, 6.45) is 24.0. The molecular formula is C24H27N3. The Morgan fingerprint density at radius 3 is 2.56 bits per heavy atom. The lowest BCUT2D eigenvalue weighted by Crippen LogP contribution is -2.01. The van der Waals surface area contributed by atoms with Crippen molar-refractivity contribution in [2.45, 2.75) is 44.9 Å². The van der Waals surface area contributed by atoms with Gasteiger partial charge in [-0.25, -0.2) is 4.98 Å². The van der Waals surface area contributed by atoms with Gasteiger partial charge in [0.15, 0.2) is 5.65 Å². The molecule has 0 radical (unpaired) electrons. The number of hydrogen-bond donors (Lipinski definition) is 0. The maximum absolute atomic E-state index is 4.51. The van der Waals surface area contributed by atoms with Crippen molar-refractivity contribution < 1.29 is 0 Å². The minimum atomic E-state index is 0.504. The molecule has 3 heteroatoms. The number of allylic oxidation sites excluding steroid dienone is 6. The van der Waals surface area contributed by atoms with E-state index in [9.17, 15) is 0 Å². The number of nitrogens with zero attached hydrogens (tertiary/aromatic N) is 3. The fourth-order valence-corrected chi connectivity index (χ4v) is 3.40. The molecular weight excluding hydrogens is 330 g/mol. The highest BCUT2D eigenvalue weighted by atomic mass is 15.0. The number of fused-ring (bicyclic) bond motifs is 1. The summed E-state index contributed by atoms with van der Waals surface area (Å²) in [4.78, 5) is 8.96. The molecule has 0 unspecified atom stereocenters. The van der Waals surface area contributed by atoms with Crippen molar-refractivity contribution >= 4 is 11.2 Å². The summed E-state index contributed by atoms with van der Waals surface area (Å²) in [5, 5.41) is 0. The van der Waals surface area contributed by atoms with Gasteiger partial charge in [-0.05, 0) is 18.8 Å². The molecule has 0 saturated heterocycles. The summed E-state index contributed by atoms with van der Waals surface area (Å²) in [6.45, 7) is 7.59. The van der Waals surface area contributed by atoms with Crippen LogP contribution in [-0.4, -0.2) is 14.4 Å². The van der Waals surface area contributed by atoms with Crippen LogP contribution < -0.4 is 0 Å². The normalized spacial score (nSPS) is 16.5. The van der Waals surface area contributed by atoms with Gasteiger partial charge in [-0.3, -0.25) is 9.38 Å². The van der Waals surface area contributed by atoms with Gasteiger partial charge in [-0.1, -0.05) is 81.6 Å². The third kappa shape index (κ3) is 5.08. The van der Waals surface area contributed by atoms with Gasteiger partial charge < -0.3 is 0 Å². The topological polar surface area (TPSA) is 30.2 Å². The van der Waals surface area contributed by atoms with E-state index < -0.39 is 0 Å². The standard InChI is InChI=1S/C24H27N3/c1-3-5-9-14-21(4-2)23-19-27-22(17-26-24(27)18-25-23)16-15-20-12-10-7-6-8-11-13-20/h3-5,9,14,17-20H,1-2,6-8,10-13H2/b9-5-,21-14+. The first kappa shape index (κ1) is 18.9. The Kier molecular flexibility index (Phi) is 6.82. The molecule has 2 aromatic rings. The quantitative estimate of drug-likeness (QED) is 0.515. The molecule has 138 valence electrons. The zero-order valence-corrected chi connectivity index (χ0v) is 15.9. The van der Waals surface area contributed by atoms with Crippen molar-refractivity contribution in [3.63, 3.8) is 0 Å². The first-order chi connectivity index (χ1) is 13.3. The van der Waals surface area contributed by atoms with Crippen molar-refractivity contribution in [2.24, 2.45) is 5.92 Å². The molecule has 27 heavy (non-hydrogen) atoms. The van der Waals surface area contributed by atoms with Crippen LogP contribution >= 0.6 is 0 Å². The molecule has 1 aliphatic rings. The summed E-state index contributed by atoms with van der Waals surface area (Å²) in [7, 11) is 0. The van der Waals surface area contributed by atoms with E-state index >= 15 is 0 Å². The van der Waals surface area contributed by atoms with Crippen LogP contribution in [0.5, 0.6) is 0 Å². The largest absolute Gasteiger partial charge is 0.290 e. The van der Waals surface area contributed by atoms with Crippen molar-refractivity contribution in [1.29, 1.82) is 0 Å². The van der Waals surface area contributed by atoms with Crippen LogP contribution in [0.1, 0.15) is 56.3 Å². The average molecular weight is 358 g/mol. The first-order valence-corrected chi connectivity index (χ1v) is 9.78. The molecule has 0 aromatic carbocycles. The lowest BCUT2D eigenvalue weighted by Gasteiger charge is -2.13. The number of hydrogen-bond acceptors (Lipinski definition) is 2. The monoisotopic (exact) mass is 357 g/mol. The third-order valence-corrected chi connectivity index (χ3v) is 4.94. The molecule has 1 saturated carbocycles. The summed E-state index contributed by atoms with van der Waals surface area (Å²) in [6, 6.07) is 0. The molecule has 2 aromatic heterocycles. The molecule has 1 fully saturated rings. The highest BCUT2D eigenvalue weighted by Gasteiger charge is 2.09. The van der Waals surface area contributed by atoms with Crippen LogP contribution in [0.4, 0.5) is 0 Å². The Bertz CT molecular complexity index is 910. The summed E-state index contributed by atoms with van der Waals surface area (Å²) >= 11 is 0. The van der Waals surface area contributed by atoms with Crippen molar-refractivity contribution in [1.82, 2.24) is 14.4 Å². The fourth-order valence-electron chi connectivity index (χ4n) is 3.40. The van der Waals surface area contributed by atoms with Crippen LogP contribution in [0, 0.1) is 17.8 Å². The van der Waals surface area contributed by atoms with Crippen LogP contribution in [0.25, 0.3) is 11.2 Å². The van der Waals surface area contributed by atoms with Crippen molar-refractivity contribution in [2.75, 3.05) is 0 Å². The molecule has 0 amide bonds. The van der Waals surface area contributed by atoms with Crippen LogP contribution in [0.3, 0.4) is 0 Å². The van der Waals surface area contributed by atoms with Gasteiger partial charge in [0.05, 0.1) is 18.1 Å². The maximum Gasteiger partial charge on any atom is 0.156 e. The van der Waals surface area contributed by atoms with E-state index in [4.69, 9.17) is 0 Å². The Morgan fingerprint density at radius 2 is 1.81 bits per heavy atom. The molecule has 0 N–H and O–H groups in total. The van der Waals surface area contributed by atoms with E-state index in [1.54, 1.807) is 18.3 Å². The number of aromatic nitrogens is 3. The predicted octanol–water partition coefficient (Wildman–Crippen LogP) is 5.75. The first-order valence-electron chi connectivity index (χ1n) is 9.78. The second-order valence-electron chi connectivity index (χ2n) is 6.90. The summed E-state index contributed by atoms with van der Waals surface area (Å²) in [5.41, 5.74) is 3.52. The van der Waals surface area contributed by atoms with E-state index in [0.29, 0.717) is 5.92 Å². The van der Waals surface area contributed by atoms with Crippen LogP contribution in [-0.2, 0) is 0 Å². The van der Waals surface area contributed by atoms with E-state index in [-0.39, 0.29) is 0 Å². The number of imidazole rings is 1. The van der Waals surface area contributed by atoms with E-state index in [1.165, 1.54) is 44.9 Å². The smallest absolute Gasteiger partial charge is 0.156 e. The third-order valence-electron chi connectivity index (χ3n) is 4.94. The van der Waals surface area contributed by atoms with Crippen LogP contribution in [0.15, 0.2) is 62.1 Å². The molecule has 0 bridgehead atoms. The molecule has 3 nitrogen and oxygen atoms in total. The Morgan fingerprint density at radius 1 is 1.04 bits per heavy atom. The maximum atomic E-state index is 4.51. The van der Waals surface area contributed by atoms with Gasteiger partial charge in [-0.2, -0.15) is 0 Å². The van der Waals surface area contributed by atoms with Gasteiger partial charge in [0.1, 0.15) is 5.69 Å². The Balaban J connectivity index is 1.88. The van der Waals surface area contributed by atoms with E-state index in [2.05, 4.69) is 35.0 Å². The second kappa shape index (κ2) is 9.73. The van der Waals surface area contributed by atoms with Gasteiger partial charge >= 0.3 is 0 Å². The van der Waals surface area contributed by atoms with Gasteiger partial charge in [-0.15, -0.1) is 0 Å². The van der Waals surface area contributed by atoms with E-state index in [1.807, 2.05) is 35.0 Å². The van der Waals surface area contributed by atoms with Crippen molar-refractivity contribution in [3.05, 3.63) is 73.5 Å². The minimum Gasteiger partial charge on any atom is -0.290 e. The summed E-state index contributed by atoms with van der Waals surface area (Å²) in [5.74, 6) is 7.38. The number of rotatable bonds is 4. The Labute approximate surface area is 162 Å². The molecule has 2 heterocycles. The Hall–Kier alpha value is -2.86. The highest BCUT2D eigenvalue weighted by Crippen LogP contribution is 2.22. The molecule has 0 atom stereocenters.